The highest BCUT2D eigenvalue weighted by Crippen LogP contribution is 2.30. The largest absolute Gasteiger partial charge is 0.295 e. The maximum Gasteiger partial charge on any atom is 0.132 e. The number of alkyl halides is 1. The smallest absolute Gasteiger partial charge is 0.132 e. The van der Waals surface area contributed by atoms with E-state index >= 15 is 0 Å². The second kappa shape index (κ2) is 5.47. The van der Waals surface area contributed by atoms with Crippen molar-refractivity contribution in [1.82, 2.24) is 9.55 Å². The minimum atomic E-state index is -0.151. The van der Waals surface area contributed by atoms with Gasteiger partial charge in [-0.1, -0.05) is 22.0 Å². The average molecular weight is 364 g/mol. The number of nitrogens with zero attached hydrogens (tertiary/aromatic N) is 2. The van der Waals surface area contributed by atoms with Crippen LogP contribution in [0.25, 0.3) is 16.7 Å². The van der Waals surface area contributed by atoms with E-state index in [1.165, 1.54) is 11.1 Å². The number of hydrogen-bond donors (Lipinski definition) is 0. The molecule has 0 saturated heterocycles. The summed E-state index contributed by atoms with van der Waals surface area (Å²) in [4.78, 5) is 4.72. The Hall–Kier alpha value is -1.32. The third kappa shape index (κ3) is 2.60. The molecular formula is C17H16BrClN2. The Morgan fingerprint density at radius 2 is 1.90 bits per heavy atom. The van der Waals surface area contributed by atoms with Gasteiger partial charge in [0.05, 0.1) is 16.4 Å². The first-order chi connectivity index (χ1) is 9.97. The van der Waals surface area contributed by atoms with Crippen molar-refractivity contribution in [3.05, 3.63) is 57.8 Å². The molecule has 2 nitrogen and oxygen atoms in total. The molecule has 1 atom stereocenters. The molecule has 0 amide bonds. The lowest BCUT2D eigenvalue weighted by atomic mass is 10.2. The highest BCUT2D eigenvalue weighted by atomic mass is 79.9. The molecule has 108 valence electrons. The fourth-order valence-electron chi connectivity index (χ4n) is 2.52. The predicted octanol–water partition coefficient (Wildman–Crippen LogP) is 5.70. The third-order valence-corrected chi connectivity index (χ3v) is 4.68. The molecule has 0 aliphatic carbocycles. The van der Waals surface area contributed by atoms with Crippen LogP contribution in [0.5, 0.6) is 0 Å². The molecule has 0 bridgehead atoms. The first kappa shape index (κ1) is 14.6. The Morgan fingerprint density at radius 1 is 1.14 bits per heavy atom. The molecule has 0 aliphatic rings. The lowest BCUT2D eigenvalue weighted by molar-refractivity contribution is 0.881. The topological polar surface area (TPSA) is 17.8 Å². The van der Waals surface area contributed by atoms with Gasteiger partial charge in [0, 0.05) is 10.2 Å². The number of rotatable bonds is 2. The van der Waals surface area contributed by atoms with Crippen molar-refractivity contribution in [2.45, 2.75) is 26.1 Å². The van der Waals surface area contributed by atoms with Crippen molar-refractivity contribution in [1.29, 1.82) is 0 Å². The van der Waals surface area contributed by atoms with E-state index in [2.05, 4.69) is 70.7 Å². The maximum absolute atomic E-state index is 6.35. The zero-order valence-electron chi connectivity index (χ0n) is 12.2. The summed E-state index contributed by atoms with van der Waals surface area (Å²) in [5.41, 5.74) is 5.55. The number of aromatic nitrogens is 2. The zero-order chi connectivity index (χ0) is 15.1. The lowest BCUT2D eigenvalue weighted by Crippen LogP contribution is -2.02. The van der Waals surface area contributed by atoms with Gasteiger partial charge in [-0.15, -0.1) is 11.6 Å². The minimum absolute atomic E-state index is 0.151. The van der Waals surface area contributed by atoms with Crippen LogP contribution < -0.4 is 0 Å². The van der Waals surface area contributed by atoms with Gasteiger partial charge in [0.1, 0.15) is 5.82 Å². The first-order valence-electron chi connectivity index (χ1n) is 6.87. The summed E-state index contributed by atoms with van der Waals surface area (Å²) < 4.78 is 3.25. The zero-order valence-corrected chi connectivity index (χ0v) is 14.5. The second-order valence-electron chi connectivity index (χ2n) is 5.35. The fourth-order valence-corrected chi connectivity index (χ4v) is 2.91. The highest BCUT2D eigenvalue weighted by Gasteiger charge is 2.16. The van der Waals surface area contributed by atoms with E-state index < -0.39 is 0 Å². The van der Waals surface area contributed by atoms with E-state index in [0.29, 0.717) is 0 Å². The monoisotopic (exact) mass is 362 g/mol. The number of hydrogen-bond acceptors (Lipinski definition) is 1. The van der Waals surface area contributed by atoms with Gasteiger partial charge in [-0.25, -0.2) is 4.98 Å². The van der Waals surface area contributed by atoms with Gasteiger partial charge in [-0.2, -0.15) is 0 Å². The summed E-state index contributed by atoms with van der Waals surface area (Å²) >= 11 is 9.90. The quantitative estimate of drug-likeness (QED) is 0.534. The summed E-state index contributed by atoms with van der Waals surface area (Å²) in [5.74, 6) is 0.874. The van der Waals surface area contributed by atoms with Crippen LogP contribution >= 0.6 is 27.5 Å². The summed E-state index contributed by atoms with van der Waals surface area (Å²) in [6.45, 7) is 6.12. The average Bonchev–Trinajstić information content (AvgIpc) is 2.80. The van der Waals surface area contributed by atoms with E-state index in [9.17, 15) is 0 Å². The van der Waals surface area contributed by atoms with Crippen molar-refractivity contribution in [3.8, 4) is 5.69 Å². The van der Waals surface area contributed by atoms with Crippen molar-refractivity contribution < 1.29 is 0 Å². The van der Waals surface area contributed by atoms with Crippen LogP contribution in [-0.2, 0) is 0 Å². The molecule has 1 aromatic heterocycles. The summed E-state index contributed by atoms with van der Waals surface area (Å²) in [7, 11) is 0. The molecule has 4 heteroatoms. The maximum atomic E-state index is 6.35. The van der Waals surface area contributed by atoms with Crippen molar-refractivity contribution >= 4 is 38.6 Å². The highest BCUT2D eigenvalue weighted by molar-refractivity contribution is 9.10. The second-order valence-corrected chi connectivity index (χ2v) is 6.86. The molecule has 0 aliphatic heterocycles. The molecule has 3 aromatic rings. The number of halogens is 2. The van der Waals surface area contributed by atoms with Crippen LogP contribution in [0.15, 0.2) is 40.9 Å². The van der Waals surface area contributed by atoms with Gasteiger partial charge in [0.25, 0.3) is 0 Å². The summed E-state index contributed by atoms with van der Waals surface area (Å²) in [5, 5.41) is -0.151. The van der Waals surface area contributed by atoms with Crippen molar-refractivity contribution in [3.63, 3.8) is 0 Å². The fraction of sp³-hybridized carbons (Fsp3) is 0.235. The number of aryl methyl sites for hydroxylation is 2. The number of imidazole rings is 1. The van der Waals surface area contributed by atoms with E-state index in [0.717, 1.165) is 27.0 Å². The van der Waals surface area contributed by atoms with E-state index in [1.807, 2.05) is 6.92 Å². The number of fused-ring (bicyclic) bond motifs is 1. The Labute approximate surface area is 137 Å². The molecule has 1 unspecified atom stereocenters. The standard InChI is InChI=1S/C17H16BrClN2/c1-10-4-7-16-15(8-10)20-17(12(3)19)21(16)13-5-6-14(18)11(2)9-13/h4-9,12H,1-3H3. The van der Waals surface area contributed by atoms with Crippen molar-refractivity contribution in [2.24, 2.45) is 0 Å². The number of benzene rings is 2. The van der Waals surface area contributed by atoms with Gasteiger partial charge in [0.15, 0.2) is 0 Å². The normalized spacial score (nSPS) is 12.8. The molecule has 21 heavy (non-hydrogen) atoms. The van der Waals surface area contributed by atoms with Gasteiger partial charge >= 0.3 is 0 Å². The molecule has 2 aromatic carbocycles. The SMILES string of the molecule is Cc1ccc2c(c1)nc(C(C)Cl)n2-c1ccc(Br)c(C)c1. The Balaban J connectivity index is 2.33. The van der Waals surface area contributed by atoms with E-state index in [-0.39, 0.29) is 5.38 Å². The van der Waals surface area contributed by atoms with Gasteiger partial charge in [-0.3, -0.25) is 4.57 Å². The Kier molecular flexibility index (Phi) is 3.80. The van der Waals surface area contributed by atoms with Crippen LogP contribution in [-0.4, -0.2) is 9.55 Å². The van der Waals surface area contributed by atoms with E-state index in [1.54, 1.807) is 0 Å². The summed E-state index contributed by atoms with van der Waals surface area (Å²) in [6, 6.07) is 12.6. The van der Waals surface area contributed by atoms with Crippen LogP contribution in [0.4, 0.5) is 0 Å². The molecular weight excluding hydrogens is 348 g/mol. The Morgan fingerprint density at radius 3 is 2.57 bits per heavy atom. The molecule has 0 fully saturated rings. The molecule has 0 saturated carbocycles. The van der Waals surface area contributed by atoms with Crippen molar-refractivity contribution in [2.75, 3.05) is 0 Å². The molecule has 1 heterocycles. The minimum Gasteiger partial charge on any atom is -0.295 e. The van der Waals surface area contributed by atoms with Crippen LogP contribution in [0, 0.1) is 13.8 Å². The van der Waals surface area contributed by atoms with Crippen LogP contribution in [0.2, 0.25) is 0 Å². The third-order valence-electron chi connectivity index (χ3n) is 3.59. The molecule has 0 N–H and O–H groups in total. The summed E-state index contributed by atoms with van der Waals surface area (Å²) in [6.07, 6.45) is 0. The lowest BCUT2D eigenvalue weighted by Gasteiger charge is -2.12. The van der Waals surface area contributed by atoms with Gasteiger partial charge in [0.2, 0.25) is 0 Å². The van der Waals surface area contributed by atoms with Crippen LogP contribution in [0.1, 0.15) is 29.3 Å². The van der Waals surface area contributed by atoms with E-state index in [4.69, 9.17) is 16.6 Å². The van der Waals surface area contributed by atoms with Gasteiger partial charge in [-0.05, 0) is 62.2 Å². The molecule has 0 spiro atoms. The Bertz CT molecular complexity index is 821. The van der Waals surface area contributed by atoms with Crippen LogP contribution in [0.3, 0.4) is 0 Å². The molecule has 0 radical (unpaired) electrons. The first-order valence-corrected chi connectivity index (χ1v) is 8.10. The predicted molar refractivity (Wildman–Crippen MR) is 92.5 cm³/mol. The van der Waals surface area contributed by atoms with Gasteiger partial charge < -0.3 is 0 Å². The molecule has 3 rings (SSSR count).